The number of aliphatic hydroxyl groups excluding tert-OH is 1. The third-order valence-electron chi connectivity index (χ3n) is 7.55. The van der Waals surface area contributed by atoms with Crippen molar-refractivity contribution in [3.05, 3.63) is 59.7 Å². The van der Waals surface area contributed by atoms with Crippen molar-refractivity contribution in [1.29, 1.82) is 0 Å². The van der Waals surface area contributed by atoms with E-state index in [4.69, 9.17) is 9.47 Å². The van der Waals surface area contributed by atoms with Gasteiger partial charge in [0.1, 0.15) is 6.10 Å². The molecule has 0 bridgehead atoms. The smallest absolute Gasteiger partial charge is 0.338 e. The van der Waals surface area contributed by atoms with Crippen LogP contribution in [0.15, 0.2) is 48.5 Å². The average Bonchev–Trinajstić information content (AvgIpc) is 2.75. The van der Waals surface area contributed by atoms with E-state index in [1.165, 1.54) is 0 Å². The Hall–Kier alpha value is -2.25. The second-order valence-electron chi connectivity index (χ2n) is 13.9. The third-order valence-corrected chi connectivity index (χ3v) is 7.55. The number of esters is 1. The van der Waals surface area contributed by atoms with Gasteiger partial charge in [0.15, 0.2) is 6.29 Å². The molecule has 3 N–H and O–H groups in total. The van der Waals surface area contributed by atoms with Crippen LogP contribution in [0.4, 0.5) is 0 Å². The van der Waals surface area contributed by atoms with E-state index < -0.39 is 6.29 Å². The van der Waals surface area contributed by atoms with Crippen LogP contribution in [-0.4, -0.2) is 45.4 Å². The number of piperidine rings is 2. The predicted molar refractivity (Wildman–Crippen MR) is 152 cm³/mol. The minimum atomic E-state index is -0.971. The molecule has 2 aliphatic heterocycles. The Balaban J connectivity index is 1.36. The topological polar surface area (TPSA) is 79.8 Å². The molecule has 0 saturated carbocycles. The summed E-state index contributed by atoms with van der Waals surface area (Å²) in [5, 5.41) is 18.0. The van der Waals surface area contributed by atoms with Crippen LogP contribution >= 0.6 is 0 Å². The van der Waals surface area contributed by atoms with Crippen molar-refractivity contribution in [2.24, 2.45) is 0 Å². The van der Waals surface area contributed by atoms with Gasteiger partial charge in [0.05, 0.1) is 11.7 Å². The number of aliphatic hydroxyl groups is 1. The summed E-state index contributed by atoms with van der Waals surface area (Å²) in [4.78, 5) is 12.9. The van der Waals surface area contributed by atoms with Gasteiger partial charge in [0.25, 0.3) is 0 Å². The Labute approximate surface area is 228 Å². The second-order valence-corrected chi connectivity index (χ2v) is 13.9. The zero-order valence-electron chi connectivity index (χ0n) is 24.4. The van der Waals surface area contributed by atoms with Gasteiger partial charge in [0, 0.05) is 40.6 Å². The molecule has 2 heterocycles. The van der Waals surface area contributed by atoms with Gasteiger partial charge in [-0.1, -0.05) is 36.4 Å². The van der Waals surface area contributed by atoms with Crippen molar-refractivity contribution in [2.75, 3.05) is 0 Å². The number of ether oxygens (including phenoxy) is 2. The van der Waals surface area contributed by atoms with Crippen LogP contribution in [0.25, 0.3) is 11.1 Å². The zero-order chi connectivity index (χ0) is 27.9. The van der Waals surface area contributed by atoms with Crippen LogP contribution in [0, 0.1) is 0 Å². The van der Waals surface area contributed by atoms with Gasteiger partial charge in [-0.2, -0.15) is 0 Å². The second kappa shape index (κ2) is 10.4. The largest absolute Gasteiger partial charge is 0.459 e. The highest BCUT2D eigenvalue weighted by Crippen LogP contribution is 2.34. The minimum Gasteiger partial charge on any atom is -0.459 e. The van der Waals surface area contributed by atoms with Crippen molar-refractivity contribution in [1.82, 2.24) is 10.6 Å². The maximum absolute atomic E-state index is 12.9. The number of hydrogen-bond acceptors (Lipinski definition) is 6. The third kappa shape index (κ3) is 7.44. The van der Waals surface area contributed by atoms with E-state index in [1.807, 2.05) is 48.5 Å². The lowest BCUT2D eigenvalue weighted by molar-refractivity contribution is -0.161. The van der Waals surface area contributed by atoms with Crippen LogP contribution in [0.5, 0.6) is 0 Å². The summed E-state index contributed by atoms with van der Waals surface area (Å²) in [7, 11) is 0. The molecule has 0 radical (unpaired) electrons. The maximum atomic E-state index is 12.9. The van der Waals surface area contributed by atoms with Crippen molar-refractivity contribution in [3.63, 3.8) is 0 Å². The predicted octanol–water partition coefficient (Wildman–Crippen LogP) is 6.14. The molecule has 208 valence electrons. The molecule has 1 unspecified atom stereocenters. The summed E-state index contributed by atoms with van der Waals surface area (Å²) in [5.41, 5.74) is 3.03. The zero-order valence-corrected chi connectivity index (χ0v) is 24.4. The van der Waals surface area contributed by atoms with Crippen LogP contribution in [-0.2, 0) is 9.47 Å². The first-order chi connectivity index (χ1) is 17.5. The average molecular weight is 523 g/mol. The van der Waals surface area contributed by atoms with Gasteiger partial charge in [-0.3, -0.25) is 0 Å². The molecule has 2 aromatic carbocycles. The summed E-state index contributed by atoms with van der Waals surface area (Å²) in [6.07, 6.45) is 2.15. The molecular formula is C32H46N2O4. The van der Waals surface area contributed by atoms with Crippen molar-refractivity contribution >= 4 is 5.97 Å². The van der Waals surface area contributed by atoms with Gasteiger partial charge < -0.3 is 25.2 Å². The molecule has 2 aromatic rings. The number of rotatable bonds is 6. The summed E-state index contributed by atoms with van der Waals surface area (Å²) < 4.78 is 12.0. The lowest BCUT2D eigenvalue weighted by Gasteiger charge is -2.46. The van der Waals surface area contributed by atoms with Gasteiger partial charge in [-0.15, -0.1) is 0 Å². The van der Waals surface area contributed by atoms with E-state index >= 15 is 0 Å². The molecule has 6 heteroatoms. The number of hydrogen-bond donors (Lipinski definition) is 3. The maximum Gasteiger partial charge on any atom is 0.338 e. The van der Waals surface area contributed by atoms with Crippen LogP contribution in [0.1, 0.15) is 103 Å². The summed E-state index contributed by atoms with van der Waals surface area (Å²) in [5.74, 6) is -0.282. The normalized spacial score (nSPS) is 23.5. The van der Waals surface area contributed by atoms with Crippen LogP contribution in [0.3, 0.4) is 0 Å². The number of benzene rings is 2. The molecule has 2 aliphatic rings. The summed E-state index contributed by atoms with van der Waals surface area (Å²) >= 11 is 0. The summed E-state index contributed by atoms with van der Waals surface area (Å²) in [6, 6.07) is 15.3. The standard InChI is InChI=1S/C32H46N2O4/c1-29(2)17-25(18-30(3,4)33-29)37-27(35)23-13-9-21(10-14-23)22-11-15-24(16-12-22)28(36)38-26-19-31(5,6)34-32(7,8)20-26/h9-16,25-27,33-35H,17-20H2,1-8H3. The quantitative estimate of drug-likeness (QED) is 0.313. The molecule has 0 spiro atoms. The SMILES string of the molecule is CC1(C)CC(OC(=O)c2ccc(-c3ccc(C(O)OC4CC(C)(C)NC(C)(C)C4)cc3)cc2)CC(C)(C)N1. The number of carbonyl (C=O) groups excluding carboxylic acids is 1. The first-order valence-electron chi connectivity index (χ1n) is 13.9. The highest BCUT2D eigenvalue weighted by atomic mass is 16.6. The fourth-order valence-electron chi connectivity index (χ4n) is 6.76. The van der Waals surface area contributed by atoms with E-state index in [0.717, 1.165) is 42.4 Å². The lowest BCUT2D eigenvalue weighted by Crippen LogP contribution is -2.59. The molecule has 1 atom stereocenters. The van der Waals surface area contributed by atoms with E-state index in [9.17, 15) is 9.90 Å². The Bertz CT molecular complexity index is 1090. The first kappa shape index (κ1) is 28.8. The van der Waals surface area contributed by atoms with Gasteiger partial charge in [-0.05, 0) is 91.5 Å². The molecule has 38 heavy (non-hydrogen) atoms. The molecule has 2 fully saturated rings. The van der Waals surface area contributed by atoms with Gasteiger partial charge in [-0.25, -0.2) is 4.79 Å². The fraction of sp³-hybridized carbons (Fsp3) is 0.594. The molecule has 0 aromatic heterocycles. The highest BCUT2D eigenvalue weighted by Gasteiger charge is 2.40. The molecule has 0 aliphatic carbocycles. The number of carbonyl (C=O) groups is 1. The van der Waals surface area contributed by atoms with Gasteiger partial charge >= 0.3 is 5.97 Å². The lowest BCUT2D eigenvalue weighted by atomic mass is 9.81. The number of nitrogens with one attached hydrogen (secondary N) is 2. The van der Waals surface area contributed by atoms with Crippen LogP contribution < -0.4 is 10.6 Å². The van der Waals surface area contributed by atoms with E-state index in [2.05, 4.69) is 66.0 Å². The molecular weight excluding hydrogens is 476 g/mol. The van der Waals surface area contributed by atoms with E-state index in [1.54, 1.807) is 0 Å². The van der Waals surface area contributed by atoms with Crippen LogP contribution in [0.2, 0.25) is 0 Å². The Kier molecular flexibility index (Phi) is 7.85. The fourth-order valence-corrected chi connectivity index (χ4v) is 6.76. The van der Waals surface area contributed by atoms with Crippen molar-refractivity contribution < 1.29 is 19.4 Å². The monoisotopic (exact) mass is 522 g/mol. The van der Waals surface area contributed by atoms with E-state index in [0.29, 0.717) is 5.56 Å². The minimum absolute atomic E-state index is 0.0229. The van der Waals surface area contributed by atoms with Gasteiger partial charge in [0.2, 0.25) is 0 Å². The molecule has 0 amide bonds. The Morgan fingerprint density at radius 3 is 1.55 bits per heavy atom. The Morgan fingerprint density at radius 2 is 1.11 bits per heavy atom. The van der Waals surface area contributed by atoms with Crippen molar-refractivity contribution in [3.8, 4) is 11.1 Å². The Morgan fingerprint density at radius 1 is 0.711 bits per heavy atom. The molecule has 4 rings (SSSR count). The van der Waals surface area contributed by atoms with Crippen molar-refractivity contribution in [2.45, 2.75) is 122 Å². The highest BCUT2D eigenvalue weighted by molar-refractivity contribution is 5.90. The first-order valence-corrected chi connectivity index (χ1v) is 13.9. The molecule has 2 saturated heterocycles. The van der Waals surface area contributed by atoms with E-state index in [-0.39, 0.29) is 40.3 Å². The molecule has 6 nitrogen and oxygen atoms in total. The summed E-state index contributed by atoms with van der Waals surface area (Å²) in [6.45, 7) is 17.3.